The molecule has 1 aliphatic rings. The van der Waals surface area contributed by atoms with E-state index in [0.29, 0.717) is 24.3 Å². The first-order valence-corrected chi connectivity index (χ1v) is 9.59. The van der Waals surface area contributed by atoms with Crippen molar-refractivity contribution in [2.24, 2.45) is 5.92 Å². The summed E-state index contributed by atoms with van der Waals surface area (Å²) in [5.41, 5.74) is 0.909. The lowest BCUT2D eigenvalue weighted by molar-refractivity contribution is -0.136. The van der Waals surface area contributed by atoms with Crippen LogP contribution in [0.3, 0.4) is 0 Å². The van der Waals surface area contributed by atoms with E-state index in [0.717, 1.165) is 13.0 Å². The highest BCUT2D eigenvalue weighted by Gasteiger charge is 2.33. The molecule has 3 amide bonds. The molecule has 1 heterocycles. The van der Waals surface area contributed by atoms with E-state index in [1.807, 2.05) is 14.1 Å². The van der Waals surface area contributed by atoms with Crippen LogP contribution in [0.2, 0.25) is 0 Å². The minimum Gasteiger partial charge on any atom is -0.481 e. The fraction of sp³-hybridized carbons (Fsp3) is 0.500. The summed E-state index contributed by atoms with van der Waals surface area (Å²) in [5.74, 6) is -1.96. The number of nitrogens with zero attached hydrogens (tertiary/aromatic N) is 2. The smallest absolute Gasteiger partial charge is 0.305 e. The molecule has 1 unspecified atom stereocenters. The molecule has 0 aliphatic carbocycles. The second-order valence-corrected chi connectivity index (χ2v) is 7.36. The number of carbonyl (C=O) groups excluding carboxylic acids is 3. The predicted molar refractivity (Wildman–Crippen MR) is 108 cm³/mol. The fourth-order valence-corrected chi connectivity index (χ4v) is 3.08. The quantitative estimate of drug-likeness (QED) is 0.526. The van der Waals surface area contributed by atoms with Gasteiger partial charge in [-0.15, -0.1) is 0 Å². The summed E-state index contributed by atoms with van der Waals surface area (Å²) in [5, 5.41) is 13.9. The van der Waals surface area contributed by atoms with Crippen molar-refractivity contribution in [1.29, 1.82) is 0 Å². The summed E-state index contributed by atoms with van der Waals surface area (Å²) in [6.45, 7) is 2.00. The fourth-order valence-electron chi connectivity index (χ4n) is 3.08. The molecule has 0 radical (unpaired) electrons. The van der Waals surface area contributed by atoms with E-state index in [1.54, 1.807) is 29.2 Å². The Morgan fingerprint density at radius 1 is 1.21 bits per heavy atom. The topological polar surface area (TPSA) is 119 Å². The maximum atomic E-state index is 12.5. The van der Waals surface area contributed by atoms with Crippen molar-refractivity contribution in [3.8, 4) is 0 Å². The number of amides is 3. The molecule has 1 saturated heterocycles. The number of carbonyl (C=O) groups is 4. The zero-order valence-corrected chi connectivity index (χ0v) is 16.8. The van der Waals surface area contributed by atoms with Crippen LogP contribution in [0.1, 0.15) is 29.6 Å². The van der Waals surface area contributed by atoms with E-state index in [-0.39, 0.29) is 43.0 Å². The second kappa shape index (κ2) is 10.6. The maximum absolute atomic E-state index is 12.5. The van der Waals surface area contributed by atoms with Gasteiger partial charge in [-0.05, 0) is 51.3 Å². The van der Waals surface area contributed by atoms with Gasteiger partial charge in [0.25, 0.3) is 5.91 Å². The third kappa shape index (κ3) is 7.19. The lowest BCUT2D eigenvalue weighted by Crippen LogP contribution is -2.30. The first-order chi connectivity index (χ1) is 13.8. The zero-order valence-electron chi connectivity index (χ0n) is 16.8. The summed E-state index contributed by atoms with van der Waals surface area (Å²) >= 11 is 0. The van der Waals surface area contributed by atoms with Crippen LogP contribution in [0.15, 0.2) is 24.3 Å². The molecule has 1 aromatic carbocycles. The third-order valence-corrected chi connectivity index (χ3v) is 4.66. The van der Waals surface area contributed by atoms with Gasteiger partial charge in [0, 0.05) is 37.3 Å². The van der Waals surface area contributed by atoms with E-state index in [1.165, 1.54) is 0 Å². The number of likely N-dealkylation sites (tertiary alicyclic amines) is 1. The molecule has 9 nitrogen and oxygen atoms in total. The molecule has 1 aromatic rings. The number of rotatable bonds is 10. The van der Waals surface area contributed by atoms with Crippen LogP contribution in [-0.2, 0) is 14.4 Å². The Labute approximate surface area is 170 Å². The Bertz CT molecular complexity index is 748. The van der Waals surface area contributed by atoms with E-state index in [4.69, 9.17) is 5.11 Å². The van der Waals surface area contributed by atoms with E-state index in [2.05, 4.69) is 15.5 Å². The number of aliphatic carboxylic acids is 1. The average molecular weight is 404 g/mol. The maximum Gasteiger partial charge on any atom is 0.305 e. The van der Waals surface area contributed by atoms with Crippen LogP contribution in [0.25, 0.3) is 0 Å². The van der Waals surface area contributed by atoms with Gasteiger partial charge in [-0.3, -0.25) is 19.2 Å². The number of nitrogens with one attached hydrogen (secondary N) is 2. The summed E-state index contributed by atoms with van der Waals surface area (Å²) < 4.78 is 0. The third-order valence-electron chi connectivity index (χ3n) is 4.66. The molecule has 0 saturated carbocycles. The van der Waals surface area contributed by atoms with Crippen molar-refractivity contribution >= 4 is 29.4 Å². The number of hydrogen-bond donors (Lipinski definition) is 3. The van der Waals surface area contributed by atoms with Gasteiger partial charge in [-0.1, -0.05) is 0 Å². The highest BCUT2D eigenvalue weighted by atomic mass is 16.4. The van der Waals surface area contributed by atoms with Gasteiger partial charge in [-0.25, -0.2) is 0 Å². The monoisotopic (exact) mass is 404 g/mol. The van der Waals surface area contributed by atoms with Gasteiger partial charge in [-0.2, -0.15) is 0 Å². The molecule has 3 N–H and O–H groups in total. The summed E-state index contributed by atoms with van der Waals surface area (Å²) in [4.78, 5) is 50.8. The van der Waals surface area contributed by atoms with Gasteiger partial charge in [0.15, 0.2) is 0 Å². The molecular formula is C20H28N4O5. The SMILES string of the molecule is CN(C)CCCN1CC(C(=O)Nc2ccc(C(=O)NCCC(=O)O)cc2)CC1=O. The predicted octanol–water partition coefficient (Wildman–Crippen LogP) is 0.630. The Morgan fingerprint density at radius 3 is 2.52 bits per heavy atom. The highest BCUT2D eigenvalue weighted by molar-refractivity contribution is 5.98. The molecule has 0 spiro atoms. The van der Waals surface area contributed by atoms with Crippen molar-refractivity contribution in [3.63, 3.8) is 0 Å². The number of anilines is 1. The first-order valence-electron chi connectivity index (χ1n) is 9.59. The molecule has 29 heavy (non-hydrogen) atoms. The van der Waals surface area contributed by atoms with Crippen molar-refractivity contribution in [3.05, 3.63) is 29.8 Å². The van der Waals surface area contributed by atoms with E-state index < -0.39 is 5.97 Å². The van der Waals surface area contributed by atoms with E-state index in [9.17, 15) is 19.2 Å². The molecular weight excluding hydrogens is 376 g/mol. The van der Waals surface area contributed by atoms with Gasteiger partial charge in [0.2, 0.25) is 11.8 Å². The molecule has 2 rings (SSSR count). The molecule has 1 atom stereocenters. The van der Waals surface area contributed by atoms with Crippen LogP contribution in [0.4, 0.5) is 5.69 Å². The molecule has 0 aromatic heterocycles. The largest absolute Gasteiger partial charge is 0.481 e. The van der Waals surface area contributed by atoms with Gasteiger partial charge in [0.05, 0.1) is 12.3 Å². The normalized spacial score (nSPS) is 16.2. The van der Waals surface area contributed by atoms with Gasteiger partial charge < -0.3 is 25.5 Å². The molecule has 1 aliphatic heterocycles. The summed E-state index contributed by atoms with van der Waals surface area (Å²) in [7, 11) is 3.96. The summed E-state index contributed by atoms with van der Waals surface area (Å²) in [6, 6.07) is 6.32. The Morgan fingerprint density at radius 2 is 1.90 bits per heavy atom. The minimum atomic E-state index is -0.981. The standard InChI is InChI=1S/C20H28N4O5/c1-23(2)10-3-11-24-13-15(12-17(24)25)20(29)22-16-6-4-14(5-7-16)19(28)21-9-8-18(26)27/h4-7,15H,3,8-13H2,1-2H3,(H,21,28)(H,22,29)(H,26,27). The molecule has 1 fully saturated rings. The van der Waals surface area contributed by atoms with Gasteiger partial charge in [0.1, 0.15) is 0 Å². The lowest BCUT2D eigenvalue weighted by atomic mass is 10.1. The highest BCUT2D eigenvalue weighted by Crippen LogP contribution is 2.20. The number of carboxylic acid groups (broad SMARTS) is 1. The average Bonchev–Trinajstić information content (AvgIpc) is 3.02. The van der Waals surface area contributed by atoms with Crippen LogP contribution in [0.5, 0.6) is 0 Å². The Kier molecular flexibility index (Phi) is 8.14. The second-order valence-electron chi connectivity index (χ2n) is 7.36. The van der Waals surface area contributed by atoms with Crippen molar-refractivity contribution < 1.29 is 24.3 Å². The Balaban J connectivity index is 1.82. The van der Waals surface area contributed by atoms with Crippen molar-refractivity contribution in [1.82, 2.24) is 15.1 Å². The number of carboxylic acids is 1. The van der Waals surface area contributed by atoms with Crippen LogP contribution < -0.4 is 10.6 Å². The van der Waals surface area contributed by atoms with Crippen molar-refractivity contribution in [2.75, 3.05) is 45.6 Å². The molecule has 9 heteroatoms. The Hall–Kier alpha value is -2.94. The molecule has 158 valence electrons. The molecule has 0 bridgehead atoms. The van der Waals surface area contributed by atoms with E-state index >= 15 is 0 Å². The van der Waals surface area contributed by atoms with Crippen LogP contribution in [-0.4, -0.2) is 78.9 Å². The van der Waals surface area contributed by atoms with Crippen LogP contribution >= 0.6 is 0 Å². The zero-order chi connectivity index (χ0) is 21.4. The minimum absolute atomic E-state index is 0.00251. The van der Waals surface area contributed by atoms with Crippen LogP contribution in [0, 0.1) is 5.92 Å². The number of benzene rings is 1. The van der Waals surface area contributed by atoms with Gasteiger partial charge >= 0.3 is 5.97 Å². The lowest BCUT2D eigenvalue weighted by Gasteiger charge is -2.18. The number of hydrogen-bond acceptors (Lipinski definition) is 5. The van der Waals surface area contributed by atoms with Crippen molar-refractivity contribution in [2.45, 2.75) is 19.3 Å². The first kappa shape index (κ1) is 22.4. The summed E-state index contributed by atoms with van der Waals surface area (Å²) in [6.07, 6.45) is 0.924.